The Morgan fingerprint density at radius 3 is 2.88 bits per heavy atom. The van der Waals surface area contributed by atoms with E-state index in [1.54, 1.807) is 0 Å². The van der Waals surface area contributed by atoms with Crippen molar-refractivity contribution in [2.24, 2.45) is 5.92 Å². The van der Waals surface area contributed by atoms with Gasteiger partial charge in [0, 0.05) is 23.5 Å². The van der Waals surface area contributed by atoms with Crippen molar-refractivity contribution in [3.8, 4) is 0 Å². The number of hydrogen-bond acceptors (Lipinski definition) is 5. The second kappa shape index (κ2) is 5.31. The Labute approximate surface area is 107 Å². The minimum absolute atomic E-state index is 0.0445. The molecule has 0 spiro atoms. The molecule has 0 radical (unpaired) electrons. The summed E-state index contributed by atoms with van der Waals surface area (Å²) in [5.41, 5.74) is 0.0445. The van der Waals surface area contributed by atoms with Crippen molar-refractivity contribution in [3.63, 3.8) is 0 Å². The SMILES string of the molecule is CC(C)(C)c1nsc(NCC2CCCNC2)n1. The van der Waals surface area contributed by atoms with Gasteiger partial charge >= 0.3 is 0 Å². The number of nitrogens with zero attached hydrogens (tertiary/aromatic N) is 2. The van der Waals surface area contributed by atoms with E-state index in [-0.39, 0.29) is 5.41 Å². The van der Waals surface area contributed by atoms with Crippen LogP contribution in [0.4, 0.5) is 5.13 Å². The van der Waals surface area contributed by atoms with Crippen molar-refractivity contribution in [3.05, 3.63) is 5.82 Å². The summed E-state index contributed by atoms with van der Waals surface area (Å²) in [5, 5.41) is 7.80. The van der Waals surface area contributed by atoms with Crippen LogP contribution in [0.25, 0.3) is 0 Å². The van der Waals surface area contributed by atoms with E-state index in [1.165, 1.54) is 30.9 Å². The Bertz CT molecular complexity index is 350. The first kappa shape index (κ1) is 12.8. The molecule has 1 saturated heterocycles. The zero-order valence-corrected chi connectivity index (χ0v) is 11.7. The molecule has 1 atom stereocenters. The van der Waals surface area contributed by atoms with Crippen LogP contribution in [0.3, 0.4) is 0 Å². The summed E-state index contributed by atoms with van der Waals surface area (Å²) < 4.78 is 4.40. The summed E-state index contributed by atoms with van der Waals surface area (Å²) in [6.07, 6.45) is 2.60. The van der Waals surface area contributed by atoms with Crippen LogP contribution < -0.4 is 10.6 Å². The van der Waals surface area contributed by atoms with E-state index in [4.69, 9.17) is 0 Å². The van der Waals surface area contributed by atoms with Gasteiger partial charge in [-0.15, -0.1) is 0 Å². The van der Waals surface area contributed by atoms with Gasteiger partial charge in [-0.3, -0.25) is 0 Å². The minimum atomic E-state index is 0.0445. The van der Waals surface area contributed by atoms with Crippen molar-refractivity contribution in [1.82, 2.24) is 14.7 Å². The molecule has 0 aromatic carbocycles. The van der Waals surface area contributed by atoms with Gasteiger partial charge in [0.15, 0.2) is 0 Å². The molecule has 1 fully saturated rings. The van der Waals surface area contributed by atoms with Crippen LogP contribution in [0.2, 0.25) is 0 Å². The molecule has 17 heavy (non-hydrogen) atoms. The summed E-state index contributed by atoms with van der Waals surface area (Å²) in [7, 11) is 0. The third kappa shape index (κ3) is 3.64. The molecule has 0 bridgehead atoms. The Kier molecular flexibility index (Phi) is 3.99. The highest BCUT2D eigenvalue weighted by molar-refractivity contribution is 7.09. The number of rotatable bonds is 3. The van der Waals surface area contributed by atoms with Crippen molar-refractivity contribution < 1.29 is 0 Å². The van der Waals surface area contributed by atoms with Crippen LogP contribution in [0.5, 0.6) is 0 Å². The summed E-state index contributed by atoms with van der Waals surface area (Å²) in [4.78, 5) is 4.54. The summed E-state index contributed by atoms with van der Waals surface area (Å²) in [5.74, 6) is 1.66. The van der Waals surface area contributed by atoms with E-state index in [2.05, 4.69) is 40.8 Å². The molecule has 1 aliphatic rings. The third-order valence-electron chi connectivity index (χ3n) is 3.04. The molecule has 2 N–H and O–H groups in total. The summed E-state index contributed by atoms with van der Waals surface area (Å²) in [6, 6.07) is 0. The molecule has 4 nitrogen and oxygen atoms in total. The maximum Gasteiger partial charge on any atom is 0.202 e. The van der Waals surface area contributed by atoms with Gasteiger partial charge in [0.2, 0.25) is 5.13 Å². The summed E-state index contributed by atoms with van der Waals surface area (Å²) in [6.45, 7) is 9.73. The number of piperidine rings is 1. The smallest absolute Gasteiger partial charge is 0.202 e. The van der Waals surface area contributed by atoms with Gasteiger partial charge in [-0.25, -0.2) is 4.98 Å². The average Bonchev–Trinajstić information content (AvgIpc) is 2.76. The number of hydrogen-bond donors (Lipinski definition) is 2. The molecule has 1 unspecified atom stereocenters. The maximum absolute atomic E-state index is 4.54. The van der Waals surface area contributed by atoms with E-state index in [9.17, 15) is 0 Å². The van der Waals surface area contributed by atoms with Crippen molar-refractivity contribution in [2.45, 2.75) is 39.0 Å². The van der Waals surface area contributed by atoms with Gasteiger partial charge in [-0.1, -0.05) is 20.8 Å². The molecule has 96 valence electrons. The highest BCUT2D eigenvalue weighted by atomic mass is 32.1. The zero-order valence-electron chi connectivity index (χ0n) is 10.9. The van der Waals surface area contributed by atoms with Crippen molar-refractivity contribution in [1.29, 1.82) is 0 Å². The van der Waals surface area contributed by atoms with Crippen LogP contribution in [-0.2, 0) is 5.41 Å². The number of aromatic nitrogens is 2. The van der Waals surface area contributed by atoms with Crippen LogP contribution in [0.1, 0.15) is 39.4 Å². The molecule has 0 amide bonds. The number of nitrogens with one attached hydrogen (secondary N) is 2. The van der Waals surface area contributed by atoms with Crippen LogP contribution >= 0.6 is 11.5 Å². The molecule has 0 saturated carbocycles. The molecule has 1 aromatic heterocycles. The predicted octanol–water partition coefficient (Wildman–Crippen LogP) is 2.25. The fourth-order valence-corrected chi connectivity index (χ4v) is 2.69. The molecule has 1 aliphatic heterocycles. The van der Waals surface area contributed by atoms with Crippen molar-refractivity contribution in [2.75, 3.05) is 25.0 Å². The molecule has 0 aliphatic carbocycles. The van der Waals surface area contributed by atoms with Crippen LogP contribution in [0.15, 0.2) is 0 Å². The third-order valence-corrected chi connectivity index (χ3v) is 3.71. The van der Waals surface area contributed by atoms with Gasteiger partial charge in [0.1, 0.15) is 5.82 Å². The quantitative estimate of drug-likeness (QED) is 0.868. The lowest BCUT2D eigenvalue weighted by molar-refractivity contribution is 0.393. The highest BCUT2D eigenvalue weighted by Crippen LogP contribution is 2.23. The zero-order chi connectivity index (χ0) is 12.3. The van der Waals surface area contributed by atoms with Gasteiger partial charge < -0.3 is 10.6 Å². The second-order valence-electron chi connectivity index (χ2n) is 5.77. The van der Waals surface area contributed by atoms with Crippen LogP contribution in [0, 0.1) is 5.92 Å². The van der Waals surface area contributed by atoms with E-state index in [0.717, 1.165) is 30.0 Å². The lowest BCUT2D eigenvalue weighted by Gasteiger charge is -2.22. The van der Waals surface area contributed by atoms with Gasteiger partial charge in [-0.05, 0) is 31.8 Å². The van der Waals surface area contributed by atoms with E-state index < -0.39 is 0 Å². The maximum atomic E-state index is 4.54. The Balaban J connectivity index is 1.84. The lowest BCUT2D eigenvalue weighted by Crippen LogP contribution is -2.33. The van der Waals surface area contributed by atoms with E-state index >= 15 is 0 Å². The molecule has 2 heterocycles. The first-order valence-corrected chi connectivity index (χ1v) is 7.12. The second-order valence-corrected chi connectivity index (χ2v) is 6.52. The van der Waals surface area contributed by atoms with Gasteiger partial charge in [0.05, 0.1) is 0 Å². The average molecular weight is 254 g/mol. The first-order valence-electron chi connectivity index (χ1n) is 6.34. The Morgan fingerprint density at radius 2 is 2.29 bits per heavy atom. The highest BCUT2D eigenvalue weighted by Gasteiger charge is 2.20. The minimum Gasteiger partial charge on any atom is -0.360 e. The molecule has 2 rings (SSSR count). The first-order chi connectivity index (χ1) is 8.05. The molecular formula is C12H22N4S. The Morgan fingerprint density at radius 1 is 1.47 bits per heavy atom. The molecule has 5 heteroatoms. The predicted molar refractivity (Wildman–Crippen MR) is 72.7 cm³/mol. The Hall–Kier alpha value is -0.680. The lowest BCUT2D eigenvalue weighted by atomic mass is 9.96. The number of anilines is 1. The normalized spacial score (nSPS) is 21.5. The molecular weight excluding hydrogens is 232 g/mol. The summed E-state index contributed by atoms with van der Waals surface area (Å²) >= 11 is 1.47. The largest absolute Gasteiger partial charge is 0.360 e. The monoisotopic (exact) mass is 254 g/mol. The van der Waals surface area contributed by atoms with E-state index in [1.807, 2.05) is 0 Å². The topological polar surface area (TPSA) is 49.8 Å². The van der Waals surface area contributed by atoms with Crippen LogP contribution in [-0.4, -0.2) is 29.0 Å². The van der Waals surface area contributed by atoms with Crippen molar-refractivity contribution >= 4 is 16.7 Å². The van der Waals surface area contributed by atoms with Gasteiger partial charge in [-0.2, -0.15) is 4.37 Å². The standard InChI is InChI=1S/C12H22N4S/c1-12(2,3)10-15-11(17-16-10)14-8-9-5-4-6-13-7-9/h9,13H,4-8H2,1-3H3,(H,14,15,16). The fourth-order valence-electron chi connectivity index (χ4n) is 1.93. The van der Waals surface area contributed by atoms with Gasteiger partial charge in [0.25, 0.3) is 0 Å². The fraction of sp³-hybridized carbons (Fsp3) is 0.833. The molecule has 1 aromatic rings. The van der Waals surface area contributed by atoms with E-state index in [0.29, 0.717) is 0 Å².